The summed E-state index contributed by atoms with van der Waals surface area (Å²) in [7, 11) is 0. The molecular weight excluding hydrogens is 273 g/mol. The molecule has 21 heavy (non-hydrogen) atoms. The van der Waals surface area contributed by atoms with E-state index in [-0.39, 0.29) is 11.7 Å². The molecule has 6 heteroatoms. The van der Waals surface area contributed by atoms with Crippen molar-refractivity contribution >= 4 is 5.69 Å². The Hall–Kier alpha value is -1.95. The lowest BCUT2D eigenvalue weighted by Crippen LogP contribution is -2.27. The Bertz CT molecular complexity index is 636. The van der Waals surface area contributed by atoms with E-state index < -0.39 is 5.60 Å². The minimum Gasteiger partial charge on any atom is -0.398 e. The Morgan fingerprint density at radius 1 is 1.38 bits per heavy atom. The molecule has 112 valence electrons. The SMILES string of the molecule is CCOC1(c2noc(-c3cc(F)ccc3N)n2)CCCC1. The average Bonchev–Trinajstić information content (AvgIpc) is 3.11. The highest BCUT2D eigenvalue weighted by atomic mass is 19.1. The zero-order valence-electron chi connectivity index (χ0n) is 11.9. The van der Waals surface area contributed by atoms with Crippen molar-refractivity contribution in [1.29, 1.82) is 0 Å². The zero-order chi connectivity index (χ0) is 14.9. The smallest absolute Gasteiger partial charge is 0.260 e. The van der Waals surface area contributed by atoms with E-state index in [0.29, 0.717) is 23.7 Å². The normalized spacial score (nSPS) is 17.2. The van der Waals surface area contributed by atoms with E-state index in [0.717, 1.165) is 25.7 Å². The number of hydrogen-bond acceptors (Lipinski definition) is 5. The summed E-state index contributed by atoms with van der Waals surface area (Å²) in [6.45, 7) is 2.54. The molecule has 0 amide bonds. The molecule has 0 unspecified atom stereocenters. The summed E-state index contributed by atoms with van der Waals surface area (Å²) in [5.41, 5.74) is 6.20. The Balaban J connectivity index is 1.97. The van der Waals surface area contributed by atoms with Gasteiger partial charge in [-0.3, -0.25) is 0 Å². The van der Waals surface area contributed by atoms with Crippen molar-refractivity contribution < 1.29 is 13.7 Å². The number of anilines is 1. The maximum atomic E-state index is 13.4. The van der Waals surface area contributed by atoms with Crippen LogP contribution in [0.5, 0.6) is 0 Å². The molecule has 0 atom stereocenters. The van der Waals surface area contributed by atoms with Gasteiger partial charge in [0, 0.05) is 12.3 Å². The molecule has 0 bridgehead atoms. The molecule has 5 nitrogen and oxygen atoms in total. The van der Waals surface area contributed by atoms with Crippen molar-refractivity contribution in [2.45, 2.75) is 38.2 Å². The number of nitrogens with zero attached hydrogens (tertiary/aromatic N) is 2. The molecule has 2 N–H and O–H groups in total. The van der Waals surface area contributed by atoms with Gasteiger partial charge in [0.1, 0.15) is 11.4 Å². The second kappa shape index (κ2) is 5.44. The molecule has 2 aromatic rings. The van der Waals surface area contributed by atoms with E-state index in [2.05, 4.69) is 10.1 Å². The molecule has 0 saturated heterocycles. The van der Waals surface area contributed by atoms with Gasteiger partial charge in [0.25, 0.3) is 5.89 Å². The third-order valence-electron chi connectivity index (χ3n) is 3.91. The second-order valence-electron chi connectivity index (χ2n) is 5.29. The van der Waals surface area contributed by atoms with E-state index in [1.807, 2.05) is 6.92 Å². The third-order valence-corrected chi connectivity index (χ3v) is 3.91. The van der Waals surface area contributed by atoms with Gasteiger partial charge in [0.2, 0.25) is 5.82 Å². The molecule has 1 aliphatic rings. The molecule has 1 aliphatic carbocycles. The van der Waals surface area contributed by atoms with Crippen LogP contribution < -0.4 is 5.73 Å². The van der Waals surface area contributed by atoms with E-state index in [1.165, 1.54) is 18.2 Å². The third kappa shape index (κ3) is 2.51. The maximum absolute atomic E-state index is 13.4. The van der Waals surface area contributed by atoms with Gasteiger partial charge in [-0.2, -0.15) is 4.98 Å². The number of nitrogen functional groups attached to an aromatic ring is 1. The lowest BCUT2D eigenvalue weighted by Gasteiger charge is -2.24. The fourth-order valence-corrected chi connectivity index (χ4v) is 2.89. The molecule has 1 aromatic heterocycles. The van der Waals surface area contributed by atoms with Gasteiger partial charge in [0.15, 0.2) is 0 Å². The van der Waals surface area contributed by atoms with Gasteiger partial charge in [0.05, 0.1) is 5.56 Å². The number of ether oxygens (including phenoxy) is 1. The molecule has 0 radical (unpaired) electrons. The first kappa shape index (κ1) is 14.0. The molecule has 0 spiro atoms. The molecule has 1 aromatic carbocycles. The maximum Gasteiger partial charge on any atom is 0.260 e. The van der Waals surface area contributed by atoms with Crippen LogP contribution in [-0.2, 0) is 10.3 Å². The highest BCUT2D eigenvalue weighted by molar-refractivity contribution is 5.70. The van der Waals surface area contributed by atoms with Gasteiger partial charge in [-0.15, -0.1) is 0 Å². The van der Waals surface area contributed by atoms with Gasteiger partial charge in [-0.25, -0.2) is 4.39 Å². The topological polar surface area (TPSA) is 74.2 Å². The Labute approximate surface area is 122 Å². The van der Waals surface area contributed by atoms with E-state index in [9.17, 15) is 4.39 Å². The van der Waals surface area contributed by atoms with E-state index >= 15 is 0 Å². The number of halogens is 1. The van der Waals surface area contributed by atoms with E-state index in [1.54, 1.807) is 0 Å². The van der Waals surface area contributed by atoms with Gasteiger partial charge < -0.3 is 15.0 Å². The first-order valence-corrected chi connectivity index (χ1v) is 7.18. The Morgan fingerprint density at radius 2 is 2.14 bits per heavy atom. The zero-order valence-corrected chi connectivity index (χ0v) is 11.9. The van der Waals surface area contributed by atoms with Crippen molar-refractivity contribution in [1.82, 2.24) is 10.1 Å². The van der Waals surface area contributed by atoms with Crippen molar-refractivity contribution in [2.24, 2.45) is 0 Å². The molecule has 1 heterocycles. The van der Waals surface area contributed by atoms with Crippen LogP contribution in [0.25, 0.3) is 11.5 Å². The number of aromatic nitrogens is 2. The van der Waals surface area contributed by atoms with Crippen LogP contribution in [0.1, 0.15) is 38.4 Å². The summed E-state index contributed by atoms with van der Waals surface area (Å²) >= 11 is 0. The van der Waals surface area contributed by atoms with Crippen molar-refractivity contribution in [2.75, 3.05) is 12.3 Å². The monoisotopic (exact) mass is 291 g/mol. The van der Waals surface area contributed by atoms with Gasteiger partial charge >= 0.3 is 0 Å². The summed E-state index contributed by atoms with van der Waals surface area (Å²) in [6.07, 6.45) is 3.90. The predicted molar refractivity (Wildman–Crippen MR) is 75.9 cm³/mol. The minimum absolute atomic E-state index is 0.230. The summed E-state index contributed by atoms with van der Waals surface area (Å²) in [6, 6.07) is 4.09. The first-order chi connectivity index (χ1) is 10.1. The highest BCUT2D eigenvalue weighted by Crippen LogP contribution is 2.41. The van der Waals surface area contributed by atoms with E-state index in [4.69, 9.17) is 15.0 Å². The quantitative estimate of drug-likeness (QED) is 0.875. The second-order valence-corrected chi connectivity index (χ2v) is 5.29. The lowest BCUT2D eigenvalue weighted by atomic mass is 10.0. The summed E-state index contributed by atoms with van der Waals surface area (Å²) in [4.78, 5) is 4.41. The fraction of sp³-hybridized carbons (Fsp3) is 0.467. The van der Waals surface area contributed by atoms with Gasteiger partial charge in [-0.05, 0) is 50.8 Å². The van der Waals surface area contributed by atoms with Crippen LogP contribution in [0.2, 0.25) is 0 Å². The van der Waals surface area contributed by atoms with Crippen LogP contribution in [0, 0.1) is 5.82 Å². The van der Waals surface area contributed by atoms with Crippen LogP contribution in [0.3, 0.4) is 0 Å². The van der Waals surface area contributed by atoms with Crippen molar-refractivity contribution in [3.63, 3.8) is 0 Å². The number of nitrogens with two attached hydrogens (primary N) is 1. The van der Waals surface area contributed by atoms with Crippen molar-refractivity contribution in [3.8, 4) is 11.5 Å². The molecule has 1 saturated carbocycles. The summed E-state index contributed by atoms with van der Waals surface area (Å²) < 4.78 is 24.5. The van der Waals surface area contributed by atoms with Gasteiger partial charge in [-0.1, -0.05) is 5.16 Å². The number of hydrogen-bond donors (Lipinski definition) is 1. The minimum atomic E-state index is -0.474. The summed E-state index contributed by atoms with van der Waals surface area (Å²) in [5, 5.41) is 4.05. The number of benzene rings is 1. The molecule has 3 rings (SSSR count). The molecule has 1 fully saturated rings. The van der Waals surface area contributed by atoms with Crippen LogP contribution in [0.15, 0.2) is 22.7 Å². The standard InChI is InChI=1S/C15H18FN3O2/c1-2-20-15(7-3-4-8-15)14-18-13(21-19-14)11-9-10(16)5-6-12(11)17/h5-6,9H,2-4,7-8,17H2,1H3. The lowest BCUT2D eigenvalue weighted by molar-refractivity contribution is -0.0469. The first-order valence-electron chi connectivity index (χ1n) is 7.18. The predicted octanol–water partition coefficient (Wildman–Crippen LogP) is 3.26. The van der Waals surface area contributed by atoms with Crippen LogP contribution >= 0.6 is 0 Å². The fourth-order valence-electron chi connectivity index (χ4n) is 2.89. The highest BCUT2D eigenvalue weighted by Gasteiger charge is 2.41. The van der Waals surface area contributed by atoms with Crippen molar-refractivity contribution in [3.05, 3.63) is 29.8 Å². The Kier molecular flexibility index (Phi) is 3.63. The summed E-state index contributed by atoms with van der Waals surface area (Å²) in [5.74, 6) is 0.368. The largest absolute Gasteiger partial charge is 0.398 e. The number of rotatable bonds is 4. The average molecular weight is 291 g/mol. The molecule has 0 aliphatic heterocycles. The Morgan fingerprint density at radius 3 is 2.86 bits per heavy atom. The van der Waals surface area contributed by atoms with Crippen LogP contribution in [-0.4, -0.2) is 16.7 Å². The van der Waals surface area contributed by atoms with Crippen LogP contribution in [0.4, 0.5) is 10.1 Å². The molecular formula is C15H18FN3O2.